The number of carbonyl (C=O) groups excluding carboxylic acids is 4. The van der Waals surface area contributed by atoms with E-state index in [9.17, 15) is 24.3 Å². The molecule has 0 bridgehead atoms. The molecule has 0 aromatic heterocycles. The van der Waals surface area contributed by atoms with Crippen molar-refractivity contribution in [2.45, 2.75) is 82.8 Å². The van der Waals surface area contributed by atoms with Crippen molar-refractivity contribution < 1.29 is 43.2 Å². The molecule has 0 saturated heterocycles. The standard InChI is InChI=1S/C29H39ClO9/c1-6-7-12-37-25(35)39-29(23(33)16-38-24(34)36-5)17(2)13-21-20-9-8-18-14-19(31)10-11-26(18,3)28(20,30)22(32)15-27(21,29)4/h10-11,14,17,20-22,32H,6-9,12-13,15-16H2,1-5H3/t17-,20+,21+,22?,26+,27+,28+,29+/m1/s1. The lowest BCUT2D eigenvalue weighted by Crippen LogP contribution is -2.69. The van der Waals surface area contributed by atoms with Crippen molar-refractivity contribution in [3.63, 3.8) is 0 Å². The van der Waals surface area contributed by atoms with Gasteiger partial charge in [0.2, 0.25) is 5.78 Å². The van der Waals surface area contributed by atoms with E-state index in [-0.39, 0.29) is 30.6 Å². The van der Waals surface area contributed by atoms with Crippen LogP contribution >= 0.6 is 11.6 Å². The molecule has 0 aromatic rings. The summed E-state index contributed by atoms with van der Waals surface area (Å²) in [5, 5.41) is 11.8. The average molecular weight is 567 g/mol. The number of aliphatic hydroxyl groups excluding tert-OH is 1. The van der Waals surface area contributed by atoms with E-state index in [1.165, 1.54) is 6.08 Å². The first-order chi connectivity index (χ1) is 18.3. The lowest BCUT2D eigenvalue weighted by Gasteiger charge is -2.64. The molecule has 1 N–H and O–H groups in total. The number of Topliss-reactive ketones (excluding diaryl/α,β-unsaturated/α-hetero) is 1. The molecule has 8 atom stereocenters. The third kappa shape index (κ3) is 4.31. The molecule has 1 unspecified atom stereocenters. The van der Waals surface area contributed by atoms with Gasteiger partial charge in [-0.3, -0.25) is 9.59 Å². The monoisotopic (exact) mass is 566 g/mol. The zero-order valence-corrected chi connectivity index (χ0v) is 24.0. The SMILES string of the molecule is CCCCOC(=O)O[C@]1(C(=O)COC(=O)OC)[C@H](C)C[C@H]2[C@@H]3CCC4=CC(=O)C=C[C@]4(C)[C@@]3(Cl)C(O)C[C@@]21C. The second-order valence-corrected chi connectivity index (χ2v) is 12.5. The van der Waals surface area contributed by atoms with Gasteiger partial charge in [-0.15, -0.1) is 11.6 Å². The molecule has 0 amide bonds. The summed E-state index contributed by atoms with van der Waals surface area (Å²) in [5.41, 5.74) is -2.65. The normalized spacial score (nSPS) is 40.5. The number of unbranched alkanes of at least 4 members (excludes halogenated alkanes) is 1. The lowest BCUT2D eigenvalue weighted by molar-refractivity contribution is -0.185. The number of ether oxygens (including phenoxy) is 4. The molecule has 3 fully saturated rings. The Morgan fingerprint density at radius 3 is 2.54 bits per heavy atom. The van der Waals surface area contributed by atoms with E-state index in [2.05, 4.69) is 4.74 Å². The molecule has 0 aromatic carbocycles. The molecule has 4 aliphatic carbocycles. The number of hydrogen-bond donors (Lipinski definition) is 1. The van der Waals surface area contributed by atoms with Gasteiger partial charge in [-0.25, -0.2) is 9.59 Å². The molecule has 9 nitrogen and oxygen atoms in total. The number of aliphatic hydroxyl groups is 1. The molecule has 4 aliphatic rings. The van der Waals surface area contributed by atoms with Crippen LogP contribution in [0.1, 0.15) is 66.2 Å². The van der Waals surface area contributed by atoms with Crippen LogP contribution in [0, 0.1) is 28.6 Å². The summed E-state index contributed by atoms with van der Waals surface area (Å²) in [5.74, 6) is -1.66. The van der Waals surface area contributed by atoms with Crippen molar-refractivity contribution in [1.82, 2.24) is 0 Å². The first kappa shape index (κ1) is 29.6. The molecule has 4 rings (SSSR count). The summed E-state index contributed by atoms with van der Waals surface area (Å²) in [6, 6.07) is 0. The fraction of sp³-hybridized carbons (Fsp3) is 0.724. The van der Waals surface area contributed by atoms with Crippen molar-refractivity contribution in [3.8, 4) is 0 Å². The maximum absolute atomic E-state index is 14.0. The van der Waals surface area contributed by atoms with E-state index in [1.807, 2.05) is 27.7 Å². The third-order valence-electron chi connectivity index (χ3n) is 10.0. The second kappa shape index (κ2) is 10.5. The van der Waals surface area contributed by atoms with E-state index >= 15 is 0 Å². The van der Waals surface area contributed by atoms with Crippen LogP contribution in [-0.2, 0) is 28.5 Å². The van der Waals surface area contributed by atoms with Crippen LogP contribution in [0.4, 0.5) is 9.59 Å². The minimum Gasteiger partial charge on any atom is -0.438 e. The summed E-state index contributed by atoms with van der Waals surface area (Å²) in [6.07, 6.45) is 5.02. The summed E-state index contributed by atoms with van der Waals surface area (Å²) >= 11 is 7.49. The van der Waals surface area contributed by atoms with Crippen LogP contribution < -0.4 is 0 Å². The predicted octanol–water partition coefficient (Wildman–Crippen LogP) is 4.92. The molecule has 3 saturated carbocycles. The van der Waals surface area contributed by atoms with Gasteiger partial charge in [0, 0.05) is 16.7 Å². The van der Waals surface area contributed by atoms with Crippen LogP contribution in [0.25, 0.3) is 0 Å². The third-order valence-corrected chi connectivity index (χ3v) is 11.0. The van der Waals surface area contributed by atoms with Crippen molar-refractivity contribution in [3.05, 3.63) is 23.8 Å². The van der Waals surface area contributed by atoms with Gasteiger partial charge in [-0.05, 0) is 56.1 Å². The summed E-state index contributed by atoms with van der Waals surface area (Å²) in [7, 11) is 1.14. The number of ketones is 2. The van der Waals surface area contributed by atoms with E-state index < -0.39 is 58.0 Å². The minimum absolute atomic E-state index is 0.0544. The quantitative estimate of drug-likeness (QED) is 0.260. The fourth-order valence-electron chi connectivity index (χ4n) is 8.15. The highest BCUT2D eigenvalue weighted by atomic mass is 35.5. The van der Waals surface area contributed by atoms with Crippen molar-refractivity contribution >= 4 is 35.5 Å². The Labute approximate surface area is 234 Å². The van der Waals surface area contributed by atoms with E-state index in [4.69, 9.17) is 25.8 Å². The first-order valence-electron chi connectivity index (χ1n) is 13.7. The second-order valence-electron chi connectivity index (χ2n) is 11.9. The van der Waals surface area contributed by atoms with Gasteiger partial charge in [-0.1, -0.05) is 45.8 Å². The van der Waals surface area contributed by atoms with Gasteiger partial charge in [0.1, 0.15) is 0 Å². The van der Waals surface area contributed by atoms with Gasteiger partial charge < -0.3 is 24.1 Å². The topological polar surface area (TPSA) is 125 Å². The smallest absolute Gasteiger partial charge is 0.438 e. The number of alkyl halides is 1. The highest BCUT2D eigenvalue weighted by molar-refractivity contribution is 6.26. The number of fused-ring (bicyclic) bond motifs is 5. The number of methoxy groups -OCH3 is 1. The Balaban J connectivity index is 1.76. The Kier molecular flexibility index (Phi) is 8.00. The zero-order valence-electron chi connectivity index (χ0n) is 23.3. The number of hydrogen-bond acceptors (Lipinski definition) is 9. The van der Waals surface area contributed by atoms with Gasteiger partial charge in [-0.2, -0.15) is 0 Å². The van der Waals surface area contributed by atoms with Crippen LogP contribution in [-0.4, -0.2) is 65.9 Å². The van der Waals surface area contributed by atoms with Crippen LogP contribution in [0.15, 0.2) is 23.8 Å². The highest BCUT2D eigenvalue weighted by Crippen LogP contribution is 2.72. The molecule has 216 valence electrons. The van der Waals surface area contributed by atoms with E-state index in [0.717, 1.165) is 19.1 Å². The summed E-state index contributed by atoms with van der Waals surface area (Å²) < 4.78 is 20.9. The summed E-state index contributed by atoms with van der Waals surface area (Å²) in [6.45, 7) is 7.07. The minimum atomic E-state index is -1.73. The number of carbonyl (C=O) groups is 4. The van der Waals surface area contributed by atoms with Crippen LogP contribution in [0.5, 0.6) is 0 Å². The van der Waals surface area contributed by atoms with Crippen molar-refractivity contribution in [2.24, 2.45) is 28.6 Å². The molecular formula is C29H39ClO9. The molecule has 0 radical (unpaired) electrons. The fourth-order valence-corrected chi connectivity index (χ4v) is 8.67. The van der Waals surface area contributed by atoms with Gasteiger partial charge in [0.15, 0.2) is 18.0 Å². The van der Waals surface area contributed by atoms with Gasteiger partial charge in [0.25, 0.3) is 0 Å². The van der Waals surface area contributed by atoms with E-state index in [0.29, 0.717) is 25.7 Å². The lowest BCUT2D eigenvalue weighted by atomic mass is 9.45. The number of halogens is 1. The predicted molar refractivity (Wildman–Crippen MR) is 141 cm³/mol. The number of allylic oxidation sites excluding steroid dienone is 4. The van der Waals surface area contributed by atoms with Crippen LogP contribution in [0.3, 0.4) is 0 Å². The maximum atomic E-state index is 14.0. The number of rotatable bonds is 7. The Hall–Kier alpha value is -2.39. The molecular weight excluding hydrogens is 528 g/mol. The average Bonchev–Trinajstić information content (AvgIpc) is 3.10. The Morgan fingerprint density at radius 2 is 1.87 bits per heavy atom. The van der Waals surface area contributed by atoms with Crippen molar-refractivity contribution in [2.75, 3.05) is 20.3 Å². The van der Waals surface area contributed by atoms with Crippen LogP contribution in [0.2, 0.25) is 0 Å². The Bertz CT molecular complexity index is 1100. The molecule has 0 aliphatic heterocycles. The maximum Gasteiger partial charge on any atom is 0.509 e. The van der Waals surface area contributed by atoms with Gasteiger partial charge >= 0.3 is 12.3 Å². The molecule has 39 heavy (non-hydrogen) atoms. The van der Waals surface area contributed by atoms with E-state index in [1.54, 1.807) is 12.2 Å². The molecule has 0 spiro atoms. The molecule has 0 heterocycles. The van der Waals surface area contributed by atoms with Gasteiger partial charge in [0.05, 0.1) is 24.7 Å². The first-order valence-corrected chi connectivity index (χ1v) is 14.1. The zero-order chi connectivity index (χ0) is 28.8. The largest absolute Gasteiger partial charge is 0.509 e. The Morgan fingerprint density at radius 1 is 1.15 bits per heavy atom. The molecule has 10 heteroatoms. The summed E-state index contributed by atoms with van der Waals surface area (Å²) in [4.78, 5) is 49.7. The highest BCUT2D eigenvalue weighted by Gasteiger charge is 2.76. The van der Waals surface area contributed by atoms with Crippen molar-refractivity contribution in [1.29, 1.82) is 0 Å².